The van der Waals surface area contributed by atoms with Crippen LogP contribution in [0.4, 0.5) is 19.1 Å². The van der Waals surface area contributed by atoms with Gasteiger partial charge in [-0.15, -0.1) is 0 Å². The highest BCUT2D eigenvalue weighted by molar-refractivity contribution is 7.81. The molecule has 1 aliphatic rings. The highest BCUT2D eigenvalue weighted by atomic mass is 32.2. The number of hydrogen-bond acceptors (Lipinski definition) is 4. The predicted molar refractivity (Wildman–Crippen MR) is 104 cm³/mol. The van der Waals surface area contributed by atoms with Gasteiger partial charge in [-0.1, -0.05) is 60.7 Å². The van der Waals surface area contributed by atoms with Crippen LogP contribution in [0.5, 0.6) is 0 Å². The van der Waals surface area contributed by atoms with Crippen molar-refractivity contribution in [3.63, 3.8) is 0 Å². The van der Waals surface area contributed by atoms with Crippen molar-refractivity contribution in [1.29, 1.82) is 0 Å². The minimum atomic E-state index is -4.57. The molecule has 0 amide bonds. The van der Waals surface area contributed by atoms with Gasteiger partial charge in [-0.2, -0.15) is 13.2 Å². The molecular formula is C20H16F3N3O2S. The summed E-state index contributed by atoms with van der Waals surface area (Å²) in [5.74, 6) is 0.0594. The Morgan fingerprint density at radius 2 is 1.45 bits per heavy atom. The number of nitrogens with zero attached hydrogens (tertiary/aromatic N) is 3. The van der Waals surface area contributed by atoms with Gasteiger partial charge in [-0.25, -0.2) is 18.5 Å². The molecule has 0 bridgehead atoms. The maximum atomic E-state index is 12.9. The average molecular weight is 419 g/mol. The number of alkyl halides is 3. The van der Waals surface area contributed by atoms with E-state index in [0.717, 1.165) is 15.4 Å². The Hall–Kier alpha value is -2.78. The lowest BCUT2D eigenvalue weighted by Gasteiger charge is -2.31. The molecule has 9 heteroatoms. The van der Waals surface area contributed by atoms with Crippen LogP contribution in [0.15, 0.2) is 66.7 Å². The summed E-state index contributed by atoms with van der Waals surface area (Å²) >= 11 is -2.35. The van der Waals surface area contributed by atoms with Gasteiger partial charge in [0.25, 0.3) is 11.3 Å². The molecule has 0 N–H and O–H groups in total. The number of rotatable bonds is 3. The quantitative estimate of drug-likeness (QED) is 0.625. The topological polar surface area (TPSA) is 55.3 Å². The second kappa shape index (κ2) is 7.92. The molecule has 29 heavy (non-hydrogen) atoms. The van der Waals surface area contributed by atoms with E-state index in [1.165, 1.54) is 0 Å². The number of hydrogen-bond donors (Lipinski definition) is 0. The molecule has 2 aromatic carbocycles. The van der Waals surface area contributed by atoms with E-state index >= 15 is 0 Å². The molecule has 1 aromatic heterocycles. The lowest BCUT2D eigenvalue weighted by molar-refractivity contribution is -0.195. The first-order valence-corrected chi connectivity index (χ1v) is 9.88. The van der Waals surface area contributed by atoms with Gasteiger partial charge in [-0.3, -0.25) is 4.18 Å². The molecule has 5 nitrogen and oxygen atoms in total. The first kappa shape index (κ1) is 19.5. The van der Waals surface area contributed by atoms with Gasteiger partial charge in [0.15, 0.2) is 6.10 Å². The lowest BCUT2D eigenvalue weighted by atomic mass is 10.1. The highest BCUT2D eigenvalue weighted by Crippen LogP contribution is 2.33. The maximum absolute atomic E-state index is 12.9. The Kier molecular flexibility index (Phi) is 5.33. The first-order valence-electron chi connectivity index (χ1n) is 8.85. The molecule has 0 spiro atoms. The SMILES string of the molecule is O=S1OC(C(F)(F)F)CCN1c1nc(-c2ccccc2)cc(-c2ccccc2)n1. The van der Waals surface area contributed by atoms with Gasteiger partial charge in [0.1, 0.15) is 0 Å². The standard InChI is InChI=1S/C20H16F3N3O2S/c21-20(22,23)18-11-12-26(29(27)28-18)19-24-16(14-7-3-1-4-8-14)13-17(25-19)15-9-5-2-6-10-15/h1-10,13,18H,11-12H2. The van der Waals surface area contributed by atoms with E-state index < -0.39 is 23.5 Å². The summed E-state index contributed by atoms with van der Waals surface area (Å²) in [6, 6.07) is 20.4. The fraction of sp³-hybridized carbons (Fsp3) is 0.200. The molecule has 1 saturated heterocycles. The van der Waals surface area contributed by atoms with E-state index in [4.69, 9.17) is 4.18 Å². The first-order chi connectivity index (χ1) is 13.9. The second-order valence-corrected chi connectivity index (χ2v) is 7.47. The van der Waals surface area contributed by atoms with Crippen molar-refractivity contribution < 1.29 is 21.6 Å². The molecule has 150 valence electrons. The molecule has 2 atom stereocenters. The maximum Gasteiger partial charge on any atom is 0.416 e. The smallest absolute Gasteiger partial charge is 0.261 e. The summed E-state index contributed by atoms with van der Waals surface area (Å²) < 4.78 is 57.0. The van der Waals surface area contributed by atoms with E-state index in [-0.39, 0.29) is 18.9 Å². The molecule has 2 unspecified atom stereocenters. The second-order valence-electron chi connectivity index (χ2n) is 6.40. The van der Waals surface area contributed by atoms with Gasteiger partial charge >= 0.3 is 6.18 Å². The average Bonchev–Trinajstić information content (AvgIpc) is 2.74. The number of aromatic nitrogens is 2. The molecule has 0 radical (unpaired) electrons. The molecule has 2 heterocycles. The molecular weight excluding hydrogens is 403 g/mol. The van der Waals surface area contributed by atoms with Crippen LogP contribution in [-0.2, 0) is 15.4 Å². The number of anilines is 1. The monoisotopic (exact) mass is 419 g/mol. The summed E-state index contributed by atoms with van der Waals surface area (Å²) in [4.78, 5) is 8.90. The molecule has 0 aliphatic carbocycles. The van der Waals surface area contributed by atoms with E-state index in [1.54, 1.807) is 6.07 Å². The molecule has 3 aromatic rings. The van der Waals surface area contributed by atoms with Crippen LogP contribution in [0.3, 0.4) is 0 Å². The third kappa shape index (κ3) is 4.30. The molecule has 1 fully saturated rings. The van der Waals surface area contributed by atoms with Crippen LogP contribution in [0.25, 0.3) is 22.5 Å². The zero-order chi connectivity index (χ0) is 20.4. The van der Waals surface area contributed by atoms with Crippen LogP contribution in [0, 0.1) is 0 Å². The van der Waals surface area contributed by atoms with Crippen LogP contribution >= 0.6 is 0 Å². The van der Waals surface area contributed by atoms with E-state index in [9.17, 15) is 17.4 Å². The Bertz CT molecular complexity index is 959. The molecule has 0 saturated carbocycles. The normalized spacial score (nSPS) is 19.9. The third-order valence-electron chi connectivity index (χ3n) is 4.41. The van der Waals surface area contributed by atoms with E-state index in [2.05, 4.69) is 9.97 Å². The Labute approximate surface area is 168 Å². The van der Waals surface area contributed by atoms with Crippen molar-refractivity contribution >= 4 is 17.2 Å². The van der Waals surface area contributed by atoms with Crippen LogP contribution in [-0.4, -0.2) is 33.0 Å². The van der Waals surface area contributed by atoms with Crippen molar-refractivity contribution in [1.82, 2.24) is 9.97 Å². The summed E-state index contributed by atoms with van der Waals surface area (Å²) in [5, 5.41) is 0. The zero-order valence-electron chi connectivity index (χ0n) is 15.0. The van der Waals surface area contributed by atoms with E-state index in [1.807, 2.05) is 60.7 Å². The van der Waals surface area contributed by atoms with E-state index in [0.29, 0.717) is 11.4 Å². The predicted octanol–water partition coefficient (Wildman–Crippen LogP) is 4.55. The van der Waals surface area contributed by atoms with Crippen molar-refractivity contribution in [2.45, 2.75) is 18.7 Å². The zero-order valence-corrected chi connectivity index (χ0v) is 15.9. The van der Waals surface area contributed by atoms with Gasteiger partial charge in [0.2, 0.25) is 5.95 Å². The van der Waals surface area contributed by atoms with Crippen LogP contribution in [0.2, 0.25) is 0 Å². The highest BCUT2D eigenvalue weighted by Gasteiger charge is 2.46. The Morgan fingerprint density at radius 1 is 0.931 bits per heavy atom. The Morgan fingerprint density at radius 3 is 1.90 bits per heavy atom. The van der Waals surface area contributed by atoms with Crippen molar-refractivity contribution in [3.8, 4) is 22.5 Å². The van der Waals surface area contributed by atoms with Crippen molar-refractivity contribution in [2.75, 3.05) is 10.8 Å². The fourth-order valence-corrected chi connectivity index (χ4v) is 3.93. The lowest BCUT2D eigenvalue weighted by Crippen LogP contribution is -2.45. The Balaban J connectivity index is 1.74. The van der Waals surface area contributed by atoms with Gasteiger partial charge < -0.3 is 0 Å². The summed E-state index contributed by atoms with van der Waals surface area (Å²) in [5.41, 5.74) is 2.77. The summed E-state index contributed by atoms with van der Waals surface area (Å²) in [6.45, 7) is -0.136. The summed E-state index contributed by atoms with van der Waals surface area (Å²) in [7, 11) is 0. The minimum absolute atomic E-state index is 0.0594. The summed E-state index contributed by atoms with van der Waals surface area (Å²) in [6.07, 6.45) is -6.98. The number of halogens is 3. The molecule has 4 rings (SSSR count). The van der Waals surface area contributed by atoms with Gasteiger partial charge in [-0.05, 0) is 6.07 Å². The third-order valence-corrected chi connectivity index (χ3v) is 5.52. The largest absolute Gasteiger partial charge is 0.416 e. The van der Waals surface area contributed by atoms with Gasteiger partial charge in [0, 0.05) is 24.1 Å². The fourth-order valence-electron chi connectivity index (χ4n) is 2.95. The van der Waals surface area contributed by atoms with Crippen LogP contribution in [0.1, 0.15) is 6.42 Å². The van der Waals surface area contributed by atoms with Crippen LogP contribution < -0.4 is 4.31 Å². The number of benzene rings is 2. The van der Waals surface area contributed by atoms with Gasteiger partial charge in [0.05, 0.1) is 11.4 Å². The van der Waals surface area contributed by atoms with Crippen molar-refractivity contribution in [3.05, 3.63) is 66.7 Å². The molecule has 1 aliphatic heterocycles. The van der Waals surface area contributed by atoms with Crippen molar-refractivity contribution in [2.24, 2.45) is 0 Å². The minimum Gasteiger partial charge on any atom is -0.261 e.